The molecule has 7 nitrogen and oxygen atoms in total. The number of nitrogens with zero attached hydrogens (tertiary/aromatic N) is 2. The van der Waals surface area contributed by atoms with E-state index in [0.717, 1.165) is 12.1 Å². The van der Waals surface area contributed by atoms with Crippen molar-refractivity contribution in [1.29, 1.82) is 5.26 Å². The zero-order valence-electron chi connectivity index (χ0n) is 9.62. The summed E-state index contributed by atoms with van der Waals surface area (Å²) in [5.41, 5.74) is -1.25. The van der Waals surface area contributed by atoms with Gasteiger partial charge in [0.15, 0.2) is 0 Å². The topological polar surface area (TPSA) is 113 Å². The van der Waals surface area contributed by atoms with Crippen LogP contribution >= 0.6 is 0 Å². The zero-order valence-corrected chi connectivity index (χ0v) is 9.62. The molecule has 0 saturated carbocycles. The Hall–Kier alpha value is -3.02. The molecule has 0 radical (unpaired) electrons. The quantitative estimate of drug-likeness (QED) is 0.503. The molecular weight excluding hydrogens is 278 g/mol. The summed E-state index contributed by atoms with van der Waals surface area (Å²) in [6.45, 7) is -3.28. The van der Waals surface area contributed by atoms with Crippen LogP contribution in [0.1, 0.15) is 11.1 Å². The molecule has 104 valence electrons. The molecule has 0 aromatic heterocycles. The highest BCUT2D eigenvalue weighted by Gasteiger charge is 2.18. The van der Waals surface area contributed by atoms with E-state index in [1.807, 2.05) is 0 Å². The summed E-state index contributed by atoms with van der Waals surface area (Å²) >= 11 is 0. The van der Waals surface area contributed by atoms with Gasteiger partial charge in [0.2, 0.25) is 0 Å². The highest BCUT2D eigenvalue weighted by molar-refractivity contribution is 5.87. The van der Waals surface area contributed by atoms with Gasteiger partial charge in [0, 0.05) is 17.7 Å². The van der Waals surface area contributed by atoms with Gasteiger partial charge in [-0.2, -0.15) is 14.0 Å². The van der Waals surface area contributed by atoms with Crippen LogP contribution in [0.4, 0.5) is 14.5 Å². The van der Waals surface area contributed by atoms with Crippen molar-refractivity contribution in [2.75, 3.05) is 0 Å². The van der Waals surface area contributed by atoms with Crippen LogP contribution in [0, 0.1) is 21.4 Å². The normalized spacial score (nSPS) is 10.5. The number of ether oxygens (including phenoxy) is 1. The molecule has 1 aromatic carbocycles. The molecule has 0 fully saturated rings. The Labute approximate surface area is 110 Å². The van der Waals surface area contributed by atoms with E-state index < -0.39 is 28.9 Å². The van der Waals surface area contributed by atoms with Crippen LogP contribution in [0.15, 0.2) is 18.2 Å². The van der Waals surface area contributed by atoms with E-state index in [-0.39, 0.29) is 11.1 Å². The van der Waals surface area contributed by atoms with Gasteiger partial charge < -0.3 is 9.84 Å². The molecule has 1 rings (SSSR count). The first kappa shape index (κ1) is 15.0. The lowest BCUT2D eigenvalue weighted by atomic mass is 10.1. The number of alkyl halides is 2. The average Bonchev–Trinajstić information content (AvgIpc) is 2.35. The number of rotatable bonds is 5. The second-order valence-corrected chi connectivity index (χ2v) is 3.32. The molecule has 0 aliphatic heterocycles. The number of non-ortho nitro benzene ring substituents is 1. The summed E-state index contributed by atoms with van der Waals surface area (Å²) in [4.78, 5) is 20.2. The molecule has 20 heavy (non-hydrogen) atoms. The first-order chi connectivity index (χ1) is 9.35. The highest BCUT2D eigenvalue weighted by Crippen LogP contribution is 2.30. The van der Waals surface area contributed by atoms with E-state index in [1.54, 1.807) is 6.07 Å². The lowest BCUT2D eigenvalue weighted by molar-refractivity contribution is -0.385. The number of nitro benzene ring substituents is 1. The third kappa shape index (κ3) is 3.74. The van der Waals surface area contributed by atoms with Crippen molar-refractivity contribution >= 4 is 17.7 Å². The maximum Gasteiger partial charge on any atom is 0.387 e. The van der Waals surface area contributed by atoms with E-state index in [4.69, 9.17) is 10.4 Å². The minimum absolute atomic E-state index is 0.277. The van der Waals surface area contributed by atoms with Gasteiger partial charge in [0.05, 0.1) is 16.6 Å². The number of hydrogen-bond acceptors (Lipinski definition) is 5. The Balaban J connectivity index is 3.48. The molecule has 0 aliphatic carbocycles. The second-order valence-electron chi connectivity index (χ2n) is 3.32. The first-order valence-electron chi connectivity index (χ1n) is 4.93. The Morgan fingerprint density at radius 3 is 2.65 bits per heavy atom. The first-order valence-corrected chi connectivity index (χ1v) is 4.93. The van der Waals surface area contributed by atoms with Crippen LogP contribution in [0.5, 0.6) is 5.75 Å². The van der Waals surface area contributed by atoms with Gasteiger partial charge in [-0.1, -0.05) is 0 Å². The van der Waals surface area contributed by atoms with Crippen molar-refractivity contribution < 1.29 is 28.3 Å². The highest BCUT2D eigenvalue weighted by atomic mass is 19.3. The molecule has 0 amide bonds. The van der Waals surface area contributed by atoms with E-state index in [0.29, 0.717) is 12.1 Å². The summed E-state index contributed by atoms with van der Waals surface area (Å²) in [5, 5.41) is 28.0. The molecule has 0 atom stereocenters. The van der Waals surface area contributed by atoms with Crippen molar-refractivity contribution in [2.45, 2.75) is 6.61 Å². The number of benzene rings is 1. The number of carbonyl (C=O) groups is 1. The van der Waals surface area contributed by atoms with E-state index in [9.17, 15) is 23.7 Å². The predicted octanol–water partition coefficient (Wildman–Crippen LogP) is 2.17. The third-order valence-corrected chi connectivity index (χ3v) is 2.07. The summed E-state index contributed by atoms with van der Waals surface area (Å²) in [6.07, 6.45) is 1.45. The number of aliphatic carboxylic acids is 1. The second kappa shape index (κ2) is 6.24. The molecule has 0 spiro atoms. The molecule has 0 saturated heterocycles. The number of carboxylic acids is 1. The number of carboxylic acid groups (broad SMARTS) is 1. The van der Waals surface area contributed by atoms with E-state index in [2.05, 4.69) is 4.74 Å². The van der Waals surface area contributed by atoms with Crippen molar-refractivity contribution in [3.8, 4) is 11.8 Å². The minimum atomic E-state index is -3.28. The molecule has 1 N–H and O–H groups in total. The number of halogens is 2. The molecule has 1 aromatic rings. The number of nitro groups is 1. The maximum atomic E-state index is 12.3. The van der Waals surface area contributed by atoms with Crippen LogP contribution in [0.2, 0.25) is 0 Å². The monoisotopic (exact) mass is 284 g/mol. The van der Waals surface area contributed by atoms with Crippen molar-refractivity contribution in [2.24, 2.45) is 0 Å². The summed E-state index contributed by atoms with van der Waals surface area (Å²) in [5.74, 6) is -2.03. The van der Waals surface area contributed by atoms with E-state index in [1.165, 1.54) is 0 Å². The SMILES string of the molecule is N#Cc1cc([N+](=O)[O-])cc(OC(F)F)c1/C=C/C(=O)O. The fourth-order valence-corrected chi connectivity index (χ4v) is 1.33. The Morgan fingerprint density at radius 2 is 2.20 bits per heavy atom. The third-order valence-electron chi connectivity index (χ3n) is 2.07. The molecule has 0 unspecified atom stereocenters. The largest absolute Gasteiger partial charge is 0.478 e. The van der Waals surface area contributed by atoms with Gasteiger partial charge in [-0.3, -0.25) is 10.1 Å². The van der Waals surface area contributed by atoms with Gasteiger partial charge >= 0.3 is 12.6 Å². The standard InChI is InChI=1S/C11H6F2N2O5/c12-11(13)20-9-4-7(15(18)19)3-6(5-14)8(9)1-2-10(16)17/h1-4,11H,(H,16,17)/b2-1+. The summed E-state index contributed by atoms with van der Waals surface area (Å²) in [7, 11) is 0. The van der Waals surface area contributed by atoms with Gasteiger partial charge in [0.25, 0.3) is 5.69 Å². The Morgan fingerprint density at radius 1 is 1.55 bits per heavy atom. The van der Waals surface area contributed by atoms with Gasteiger partial charge in [-0.05, 0) is 6.08 Å². The Bertz CT molecular complexity index is 622. The van der Waals surface area contributed by atoms with Crippen LogP contribution < -0.4 is 4.74 Å². The van der Waals surface area contributed by atoms with Gasteiger partial charge in [0.1, 0.15) is 11.8 Å². The fraction of sp³-hybridized carbons (Fsp3) is 0.0909. The van der Waals surface area contributed by atoms with Crippen LogP contribution in [0.25, 0.3) is 6.08 Å². The van der Waals surface area contributed by atoms with Crippen LogP contribution in [-0.4, -0.2) is 22.6 Å². The van der Waals surface area contributed by atoms with Crippen molar-refractivity contribution in [3.63, 3.8) is 0 Å². The lowest BCUT2D eigenvalue weighted by Crippen LogP contribution is -2.05. The van der Waals surface area contributed by atoms with Crippen molar-refractivity contribution in [1.82, 2.24) is 0 Å². The predicted molar refractivity (Wildman–Crippen MR) is 61.1 cm³/mol. The average molecular weight is 284 g/mol. The maximum absolute atomic E-state index is 12.3. The minimum Gasteiger partial charge on any atom is -0.478 e. The van der Waals surface area contributed by atoms with Crippen LogP contribution in [0.3, 0.4) is 0 Å². The van der Waals surface area contributed by atoms with Gasteiger partial charge in [-0.15, -0.1) is 0 Å². The molecular formula is C11H6F2N2O5. The smallest absolute Gasteiger partial charge is 0.387 e. The molecule has 0 bridgehead atoms. The number of nitriles is 1. The van der Waals surface area contributed by atoms with E-state index >= 15 is 0 Å². The molecule has 9 heteroatoms. The lowest BCUT2D eigenvalue weighted by Gasteiger charge is -2.09. The Kier molecular flexibility index (Phi) is 4.69. The molecule has 0 heterocycles. The molecule has 0 aliphatic rings. The summed E-state index contributed by atoms with van der Waals surface area (Å²) in [6, 6.07) is 3.08. The fourth-order valence-electron chi connectivity index (χ4n) is 1.33. The van der Waals surface area contributed by atoms with Gasteiger partial charge in [-0.25, -0.2) is 4.79 Å². The van der Waals surface area contributed by atoms with Crippen molar-refractivity contribution in [3.05, 3.63) is 39.4 Å². The zero-order chi connectivity index (χ0) is 15.3. The number of hydrogen-bond donors (Lipinski definition) is 1. The summed E-state index contributed by atoms with van der Waals surface area (Å²) < 4.78 is 28.6. The van der Waals surface area contributed by atoms with Crippen LogP contribution in [-0.2, 0) is 4.79 Å².